The molecule has 1 aliphatic rings. The number of halogens is 1. The molecule has 0 fully saturated rings. The molecule has 2 heteroatoms. The third kappa shape index (κ3) is 8.86. The summed E-state index contributed by atoms with van der Waals surface area (Å²) in [5.74, 6) is 3.12. The van der Waals surface area contributed by atoms with Gasteiger partial charge in [-0.1, -0.05) is 65.3 Å². The van der Waals surface area contributed by atoms with Crippen LogP contribution in [0.25, 0.3) is 0 Å². The third-order valence-corrected chi connectivity index (χ3v) is 4.09. The Morgan fingerprint density at radius 2 is 2.11 bits per heavy atom. The molecular weight excluding hydrogens is 312 g/mol. The quantitative estimate of drug-likeness (QED) is 0.349. The summed E-state index contributed by atoms with van der Waals surface area (Å²) in [6.45, 7) is 6.75. The Hall–Kier alpha value is -0.783. The Labute approximate surface area is 127 Å². The lowest BCUT2D eigenvalue weighted by Gasteiger charge is -2.07. The first kappa shape index (κ1) is 16.3. The molecule has 0 aromatic carbocycles. The van der Waals surface area contributed by atoms with Crippen LogP contribution in [0.3, 0.4) is 0 Å². The highest BCUT2D eigenvalue weighted by atomic mass is 79.9. The van der Waals surface area contributed by atoms with E-state index in [0.29, 0.717) is 0 Å². The minimum Gasteiger partial charge on any atom is -0.127 e. The molecule has 0 spiro atoms. The fourth-order valence-corrected chi connectivity index (χ4v) is 2.50. The summed E-state index contributed by atoms with van der Waals surface area (Å²) >= 11 is 3.55. The van der Waals surface area contributed by atoms with Crippen molar-refractivity contribution in [2.24, 2.45) is 0 Å². The van der Waals surface area contributed by atoms with E-state index in [1.165, 1.54) is 31.3 Å². The number of hydrogen-bond donors (Lipinski definition) is 0. The summed E-state index contributed by atoms with van der Waals surface area (Å²) in [7, 11) is -1.24. The van der Waals surface area contributed by atoms with E-state index in [0.717, 1.165) is 4.48 Å². The van der Waals surface area contributed by atoms with E-state index in [-0.39, 0.29) is 0 Å². The lowest BCUT2D eigenvalue weighted by atomic mass is 9.99. The van der Waals surface area contributed by atoms with Crippen LogP contribution in [0.2, 0.25) is 19.6 Å². The predicted molar refractivity (Wildman–Crippen MR) is 93.0 cm³/mol. The van der Waals surface area contributed by atoms with Gasteiger partial charge in [-0.25, -0.2) is 0 Å². The van der Waals surface area contributed by atoms with Crippen LogP contribution in [-0.2, 0) is 0 Å². The second-order valence-electron chi connectivity index (χ2n) is 5.79. The number of allylic oxidation sites excluding steroid dienone is 8. The van der Waals surface area contributed by atoms with Crippen LogP contribution in [0.1, 0.15) is 25.7 Å². The monoisotopic (exact) mass is 334 g/mol. The van der Waals surface area contributed by atoms with Crippen molar-refractivity contribution in [3.05, 3.63) is 46.5 Å². The van der Waals surface area contributed by atoms with E-state index in [1.54, 1.807) is 0 Å². The molecule has 0 nitrogen and oxygen atoms in total. The summed E-state index contributed by atoms with van der Waals surface area (Å²) in [4.78, 5) is 0. The summed E-state index contributed by atoms with van der Waals surface area (Å²) in [5.41, 5.74) is 4.77. The molecule has 0 N–H and O–H groups in total. The van der Waals surface area contributed by atoms with E-state index < -0.39 is 8.07 Å². The second-order valence-corrected chi connectivity index (χ2v) is 11.5. The van der Waals surface area contributed by atoms with Crippen molar-refractivity contribution in [3.63, 3.8) is 0 Å². The van der Waals surface area contributed by atoms with Gasteiger partial charge >= 0.3 is 0 Å². The Kier molecular flexibility index (Phi) is 7.19. The molecule has 0 unspecified atom stereocenters. The van der Waals surface area contributed by atoms with Crippen LogP contribution < -0.4 is 0 Å². The molecular formula is C17H23BrSi. The van der Waals surface area contributed by atoms with Crippen LogP contribution in [0.5, 0.6) is 0 Å². The van der Waals surface area contributed by atoms with Gasteiger partial charge in [-0.2, -0.15) is 0 Å². The SMILES string of the molecule is C[Si](C)(C)C#C/C=C/C=C(Br)/C=C/C1=CCCCC1. The van der Waals surface area contributed by atoms with Gasteiger partial charge < -0.3 is 0 Å². The predicted octanol–water partition coefficient (Wildman–Crippen LogP) is 5.76. The van der Waals surface area contributed by atoms with E-state index in [1.807, 2.05) is 18.2 Å². The van der Waals surface area contributed by atoms with Crippen LogP contribution >= 0.6 is 15.9 Å². The summed E-state index contributed by atoms with van der Waals surface area (Å²) in [5, 5.41) is 0. The normalized spacial score (nSPS) is 17.5. The molecule has 1 aliphatic carbocycles. The molecule has 0 saturated carbocycles. The highest BCUT2D eigenvalue weighted by molar-refractivity contribution is 9.11. The molecule has 0 atom stereocenters. The Morgan fingerprint density at radius 3 is 2.74 bits per heavy atom. The van der Waals surface area contributed by atoms with Crippen molar-refractivity contribution in [1.82, 2.24) is 0 Å². The highest BCUT2D eigenvalue weighted by Gasteiger charge is 2.06. The first-order chi connectivity index (χ1) is 8.97. The van der Waals surface area contributed by atoms with Crippen molar-refractivity contribution in [1.29, 1.82) is 0 Å². The zero-order chi connectivity index (χ0) is 14.1. The lowest BCUT2D eigenvalue weighted by molar-refractivity contribution is 0.712. The van der Waals surface area contributed by atoms with Gasteiger partial charge in [0, 0.05) is 4.48 Å². The van der Waals surface area contributed by atoms with Gasteiger partial charge in [-0.05, 0) is 43.9 Å². The lowest BCUT2D eigenvalue weighted by Crippen LogP contribution is -2.16. The first-order valence-electron chi connectivity index (χ1n) is 6.89. The molecule has 0 aliphatic heterocycles. The Balaban J connectivity index is 2.48. The molecule has 0 saturated heterocycles. The van der Waals surface area contributed by atoms with E-state index in [9.17, 15) is 0 Å². The molecule has 0 amide bonds. The van der Waals surface area contributed by atoms with Crippen LogP contribution in [0.15, 0.2) is 46.5 Å². The molecule has 0 heterocycles. The van der Waals surface area contributed by atoms with Gasteiger partial charge in [-0.15, -0.1) is 5.54 Å². The van der Waals surface area contributed by atoms with Gasteiger partial charge in [0.25, 0.3) is 0 Å². The van der Waals surface area contributed by atoms with E-state index in [4.69, 9.17) is 0 Å². The van der Waals surface area contributed by atoms with Crippen molar-refractivity contribution < 1.29 is 0 Å². The summed E-state index contributed by atoms with van der Waals surface area (Å²) in [6, 6.07) is 0. The third-order valence-electron chi connectivity index (χ3n) is 2.66. The Morgan fingerprint density at radius 1 is 1.32 bits per heavy atom. The van der Waals surface area contributed by atoms with Crippen molar-refractivity contribution >= 4 is 24.0 Å². The fraction of sp³-hybridized carbons (Fsp3) is 0.412. The minimum absolute atomic E-state index is 1.09. The largest absolute Gasteiger partial charge is 0.129 e. The molecule has 102 valence electrons. The van der Waals surface area contributed by atoms with Crippen molar-refractivity contribution in [3.8, 4) is 11.5 Å². The number of hydrogen-bond acceptors (Lipinski definition) is 0. The van der Waals surface area contributed by atoms with Gasteiger partial charge in [-0.3, -0.25) is 0 Å². The standard InChI is InChI=1S/C17H23BrSi/c1-19(2,3)15-9-5-8-12-17(18)14-13-16-10-6-4-7-11-16/h5,8,10,12-14H,4,6-7,11H2,1-3H3/b8-5+,14-13+,17-12-. The Bertz CT molecular complexity index is 462. The molecule has 0 radical (unpaired) electrons. The smallest absolute Gasteiger partial charge is 0.127 e. The van der Waals surface area contributed by atoms with E-state index >= 15 is 0 Å². The van der Waals surface area contributed by atoms with Crippen molar-refractivity contribution in [2.45, 2.75) is 45.3 Å². The topological polar surface area (TPSA) is 0 Å². The van der Waals surface area contributed by atoms with Crippen LogP contribution in [0.4, 0.5) is 0 Å². The zero-order valence-corrected chi connectivity index (χ0v) is 14.8. The van der Waals surface area contributed by atoms with E-state index in [2.05, 4.69) is 65.3 Å². The van der Waals surface area contributed by atoms with Gasteiger partial charge in [0.1, 0.15) is 8.07 Å². The molecule has 0 aromatic rings. The zero-order valence-electron chi connectivity index (χ0n) is 12.2. The summed E-state index contributed by atoms with van der Waals surface area (Å²) in [6.07, 6.45) is 17.7. The van der Waals surface area contributed by atoms with Gasteiger partial charge in [0.15, 0.2) is 0 Å². The van der Waals surface area contributed by atoms with Crippen LogP contribution in [0, 0.1) is 11.5 Å². The summed E-state index contributed by atoms with van der Waals surface area (Å²) < 4.78 is 1.09. The average molecular weight is 335 g/mol. The minimum atomic E-state index is -1.24. The maximum atomic E-state index is 3.55. The average Bonchev–Trinajstić information content (AvgIpc) is 2.36. The second kappa shape index (κ2) is 8.40. The van der Waals surface area contributed by atoms with Crippen molar-refractivity contribution in [2.75, 3.05) is 0 Å². The van der Waals surface area contributed by atoms with Crippen LogP contribution in [-0.4, -0.2) is 8.07 Å². The maximum Gasteiger partial charge on any atom is 0.129 e. The highest BCUT2D eigenvalue weighted by Crippen LogP contribution is 2.19. The van der Waals surface area contributed by atoms with Gasteiger partial charge in [0.2, 0.25) is 0 Å². The molecule has 1 rings (SSSR count). The number of rotatable bonds is 3. The molecule has 0 bridgehead atoms. The molecule has 19 heavy (non-hydrogen) atoms. The molecule has 0 aromatic heterocycles. The maximum absolute atomic E-state index is 3.55. The fourth-order valence-electron chi connectivity index (χ4n) is 1.70. The first-order valence-corrected chi connectivity index (χ1v) is 11.2. The van der Waals surface area contributed by atoms with Gasteiger partial charge in [0.05, 0.1) is 0 Å².